The van der Waals surface area contributed by atoms with Crippen LogP contribution in [0.5, 0.6) is 11.5 Å². The number of benzene rings is 3. The van der Waals surface area contributed by atoms with Crippen LogP contribution in [0.4, 0.5) is 5.69 Å². The Balaban J connectivity index is 1.75. The van der Waals surface area contributed by atoms with Gasteiger partial charge in [0.15, 0.2) is 11.5 Å². The molecule has 0 spiro atoms. The number of hydrogen-bond donors (Lipinski definition) is 1. The van der Waals surface area contributed by atoms with Crippen molar-refractivity contribution in [1.29, 1.82) is 0 Å². The molecule has 0 heterocycles. The van der Waals surface area contributed by atoms with E-state index < -0.39 is 10.1 Å². The number of hydrogen-bond acceptors (Lipinski definition) is 6. The van der Waals surface area contributed by atoms with E-state index in [2.05, 4.69) is 10.5 Å². The van der Waals surface area contributed by atoms with Crippen molar-refractivity contribution in [3.05, 3.63) is 81.8 Å². The van der Waals surface area contributed by atoms with Gasteiger partial charge in [-0.3, -0.25) is 5.43 Å². The zero-order chi connectivity index (χ0) is 21.7. The summed E-state index contributed by atoms with van der Waals surface area (Å²) in [7, 11) is -2.56. The SMILES string of the molecule is COc1cc(/C=N\Nc2ccc(Cl)c(Cl)c2)ccc1OS(=O)(=O)c1ccc(C)cc1. The van der Waals surface area contributed by atoms with Crippen molar-refractivity contribution in [2.45, 2.75) is 11.8 Å². The highest BCUT2D eigenvalue weighted by atomic mass is 35.5. The van der Waals surface area contributed by atoms with Crippen LogP contribution in [0.25, 0.3) is 0 Å². The van der Waals surface area contributed by atoms with Gasteiger partial charge in [0.2, 0.25) is 0 Å². The number of methoxy groups -OCH3 is 1. The lowest BCUT2D eigenvalue weighted by atomic mass is 10.2. The fourth-order valence-corrected chi connectivity index (χ4v) is 3.69. The molecule has 0 saturated carbocycles. The van der Waals surface area contributed by atoms with Gasteiger partial charge in [-0.25, -0.2) is 0 Å². The van der Waals surface area contributed by atoms with Gasteiger partial charge < -0.3 is 8.92 Å². The van der Waals surface area contributed by atoms with Crippen LogP contribution in [0.15, 0.2) is 70.7 Å². The molecule has 3 aromatic carbocycles. The van der Waals surface area contributed by atoms with Crippen LogP contribution in [-0.2, 0) is 10.1 Å². The minimum atomic E-state index is -3.99. The van der Waals surface area contributed by atoms with Crippen LogP contribution in [0, 0.1) is 6.92 Å². The molecule has 156 valence electrons. The van der Waals surface area contributed by atoms with Gasteiger partial charge in [0.1, 0.15) is 4.90 Å². The molecule has 0 aliphatic rings. The number of nitrogens with one attached hydrogen (secondary N) is 1. The minimum absolute atomic E-state index is 0.0617. The van der Waals surface area contributed by atoms with Crippen molar-refractivity contribution < 1.29 is 17.3 Å². The van der Waals surface area contributed by atoms with Crippen molar-refractivity contribution >= 4 is 45.2 Å². The van der Waals surface area contributed by atoms with Gasteiger partial charge in [0.25, 0.3) is 0 Å². The second-order valence-electron chi connectivity index (χ2n) is 6.26. The first-order valence-electron chi connectivity index (χ1n) is 8.72. The maximum atomic E-state index is 12.5. The summed E-state index contributed by atoms with van der Waals surface area (Å²) in [6, 6.07) is 16.2. The number of rotatable bonds is 7. The third-order valence-electron chi connectivity index (χ3n) is 4.02. The molecule has 3 aromatic rings. The molecule has 6 nitrogen and oxygen atoms in total. The molecule has 9 heteroatoms. The summed E-state index contributed by atoms with van der Waals surface area (Å²) >= 11 is 11.9. The average molecular weight is 465 g/mol. The van der Waals surface area contributed by atoms with Gasteiger partial charge in [-0.1, -0.05) is 40.9 Å². The van der Waals surface area contributed by atoms with Gasteiger partial charge in [-0.2, -0.15) is 13.5 Å². The average Bonchev–Trinajstić information content (AvgIpc) is 2.71. The van der Waals surface area contributed by atoms with E-state index in [9.17, 15) is 8.42 Å². The minimum Gasteiger partial charge on any atom is -0.493 e. The van der Waals surface area contributed by atoms with E-state index in [0.29, 0.717) is 21.3 Å². The van der Waals surface area contributed by atoms with E-state index in [0.717, 1.165) is 5.56 Å². The Morgan fingerprint density at radius 2 is 1.67 bits per heavy atom. The number of hydrazone groups is 1. The Kier molecular flexibility index (Phi) is 6.87. The van der Waals surface area contributed by atoms with E-state index in [1.54, 1.807) is 48.7 Å². The molecule has 0 atom stereocenters. The maximum Gasteiger partial charge on any atom is 0.339 e. The first-order chi connectivity index (χ1) is 14.3. The summed E-state index contributed by atoms with van der Waals surface area (Å²) < 4.78 is 35.6. The lowest BCUT2D eigenvalue weighted by Crippen LogP contribution is -2.10. The molecule has 1 N–H and O–H groups in total. The summed E-state index contributed by atoms with van der Waals surface area (Å²) in [5, 5.41) is 4.99. The molecule has 3 rings (SSSR count). The van der Waals surface area contributed by atoms with Gasteiger partial charge in [-0.15, -0.1) is 0 Å². The fourth-order valence-electron chi connectivity index (χ4n) is 2.45. The Labute approximate surface area is 185 Å². The topological polar surface area (TPSA) is 77.0 Å². The molecule has 30 heavy (non-hydrogen) atoms. The number of nitrogens with zero attached hydrogens (tertiary/aromatic N) is 1. The van der Waals surface area contributed by atoms with Crippen molar-refractivity contribution in [3.63, 3.8) is 0 Å². The molecule has 0 bridgehead atoms. The highest BCUT2D eigenvalue weighted by Gasteiger charge is 2.19. The molecular formula is C21H18Cl2N2O4S. The Morgan fingerprint density at radius 3 is 2.33 bits per heavy atom. The van der Waals surface area contributed by atoms with Gasteiger partial charge >= 0.3 is 10.1 Å². The highest BCUT2D eigenvalue weighted by Crippen LogP contribution is 2.30. The second-order valence-corrected chi connectivity index (χ2v) is 8.62. The molecule has 0 aromatic heterocycles. The predicted molar refractivity (Wildman–Crippen MR) is 120 cm³/mol. The Hall–Kier alpha value is -2.74. The number of anilines is 1. The zero-order valence-electron chi connectivity index (χ0n) is 16.1. The standard InChI is InChI=1S/C21H18Cl2N2O4S/c1-14-3-7-17(8-4-14)30(26,27)29-20-10-5-15(11-21(20)28-2)13-24-25-16-6-9-18(22)19(23)12-16/h3-13,25H,1-2H3/b24-13-. The van der Waals surface area contributed by atoms with Crippen molar-refractivity contribution in [1.82, 2.24) is 0 Å². The van der Waals surface area contributed by atoms with Crippen LogP contribution in [0.1, 0.15) is 11.1 Å². The molecular weight excluding hydrogens is 447 g/mol. The van der Waals surface area contributed by atoms with E-state index in [4.69, 9.17) is 32.1 Å². The molecule has 0 saturated heterocycles. The third-order valence-corrected chi connectivity index (χ3v) is 6.01. The summed E-state index contributed by atoms with van der Waals surface area (Å²) in [4.78, 5) is 0.0617. The summed E-state index contributed by atoms with van der Waals surface area (Å²) in [5.74, 6) is 0.330. The van der Waals surface area contributed by atoms with Gasteiger partial charge in [-0.05, 0) is 61.0 Å². The fraction of sp³-hybridized carbons (Fsp3) is 0.0952. The van der Waals surface area contributed by atoms with Gasteiger partial charge in [0, 0.05) is 0 Å². The predicted octanol–water partition coefficient (Wildman–Crippen LogP) is 5.52. The number of ether oxygens (including phenoxy) is 1. The smallest absolute Gasteiger partial charge is 0.339 e. The maximum absolute atomic E-state index is 12.5. The van der Waals surface area contributed by atoms with Crippen molar-refractivity contribution in [2.24, 2.45) is 5.10 Å². The lowest BCUT2D eigenvalue weighted by Gasteiger charge is -2.11. The quantitative estimate of drug-likeness (QED) is 0.282. The second kappa shape index (κ2) is 9.38. The van der Waals surface area contributed by atoms with E-state index >= 15 is 0 Å². The first kappa shape index (κ1) is 22.0. The third kappa shape index (κ3) is 5.44. The molecule has 0 fully saturated rings. The summed E-state index contributed by atoms with van der Waals surface area (Å²) in [6.45, 7) is 1.87. The molecule has 0 unspecified atom stereocenters. The summed E-state index contributed by atoms with van der Waals surface area (Å²) in [6.07, 6.45) is 1.54. The molecule has 0 aliphatic carbocycles. The largest absolute Gasteiger partial charge is 0.493 e. The number of aryl methyl sites for hydroxylation is 1. The van der Waals surface area contributed by atoms with Crippen molar-refractivity contribution in [2.75, 3.05) is 12.5 Å². The van der Waals surface area contributed by atoms with E-state index in [-0.39, 0.29) is 16.4 Å². The van der Waals surface area contributed by atoms with Crippen LogP contribution < -0.4 is 14.3 Å². The van der Waals surface area contributed by atoms with Crippen molar-refractivity contribution in [3.8, 4) is 11.5 Å². The van der Waals surface area contributed by atoms with Crippen LogP contribution in [-0.4, -0.2) is 21.7 Å². The Morgan fingerprint density at radius 1 is 0.933 bits per heavy atom. The molecule has 0 radical (unpaired) electrons. The lowest BCUT2D eigenvalue weighted by molar-refractivity contribution is 0.390. The monoisotopic (exact) mass is 464 g/mol. The number of halogens is 2. The highest BCUT2D eigenvalue weighted by molar-refractivity contribution is 7.87. The Bertz CT molecular complexity index is 1180. The first-order valence-corrected chi connectivity index (χ1v) is 10.9. The van der Waals surface area contributed by atoms with Crippen LogP contribution in [0.3, 0.4) is 0 Å². The molecule has 0 aliphatic heterocycles. The summed E-state index contributed by atoms with van der Waals surface area (Å²) in [5.41, 5.74) is 5.11. The van der Waals surface area contributed by atoms with Crippen LogP contribution in [0.2, 0.25) is 10.0 Å². The van der Waals surface area contributed by atoms with Crippen LogP contribution >= 0.6 is 23.2 Å². The molecule has 0 amide bonds. The normalized spacial score (nSPS) is 11.5. The zero-order valence-corrected chi connectivity index (χ0v) is 18.4. The van der Waals surface area contributed by atoms with E-state index in [1.165, 1.54) is 25.3 Å². The van der Waals surface area contributed by atoms with E-state index in [1.807, 2.05) is 6.92 Å². The van der Waals surface area contributed by atoms with Gasteiger partial charge in [0.05, 0.1) is 29.1 Å².